The zero-order valence-corrected chi connectivity index (χ0v) is 9.10. The Morgan fingerprint density at radius 3 is 3.08 bits per heavy atom. The van der Waals surface area contributed by atoms with Crippen molar-refractivity contribution in [2.24, 2.45) is 0 Å². The molecule has 12 heavy (non-hydrogen) atoms. The first kappa shape index (κ1) is 9.79. The lowest BCUT2D eigenvalue weighted by atomic mass is 10.1. The normalized spacial score (nSPS) is 16.8. The molecule has 66 valence electrons. The summed E-state index contributed by atoms with van der Waals surface area (Å²) in [6.45, 7) is 2.23. The second kappa shape index (κ2) is 5.36. The number of hydrogen-bond acceptors (Lipinski definition) is 0. The van der Waals surface area contributed by atoms with Gasteiger partial charge in [0.25, 0.3) is 0 Å². The number of halogens is 1. The van der Waals surface area contributed by atoms with E-state index >= 15 is 0 Å². The average Bonchev–Trinajstić information content (AvgIpc) is 2.27. The van der Waals surface area contributed by atoms with Crippen molar-refractivity contribution >= 4 is 15.9 Å². The molecule has 0 bridgehead atoms. The van der Waals surface area contributed by atoms with Gasteiger partial charge in [-0.2, -0.15) is 0 Å². The molecule has 0 atom stereocenters. The number of unbranched alkanes of at least 4 members (excludes halogenated alkanes) is 1. The number of hydrogen-bond donors (Lipinski definition) is 0. The van der Waals surface area contributed by atoms with Crippen LogP contribution in [0.2, 0.25) is 0 Å². The summed E-state index contributed by atoms with van der Waals surface area (Å²) >= 11 is 3.47. The Hall–Kier alpha value is -0.300. The van der Waals surface area contributed by atoms with E-state index in [1.807, 2.05) is 0 Å². The minimum atomic E-state index is 1.10. The molecule has 0 aromatic carbocycles. The molecule has 0 aromatic heterocycles. The van der Waals surface area contributed by atoms with Crippen LogP contribution in [0.3, 0.4) is 0 Å². The van der Waals surface area contributed by atoms with Crippen LogP contribution < -0.4 is 0 Å². The molecule has 1 rings (SSSR count). The van der Waals surface area contributed by atoms with Crippen LogP contribution in [0, 0.1) is 0 Å². The zero-order valence-electron chi connectivity index (χ0n) is 7.52. The maximum Gasteiger partial charge on any atom is 0.0138 e. The minimum absolute atomic E-state index is 1.10. The van der Waals surface area contributed by atoms with Crippen LogP contribution in [0.25, 0.3) is 0 Å². The van der Waals surface area contributed by atoms with Gasteiger partial charge in [0.15, 0.2) is 0 Å². The van der Waals surface area contributed by atoms with Gasteiger partial charge in [0.05, 0.1) is 0 Å². The predicted octanol–water partition coefficient (Wildman–Crippen LogP) is 4.34. The minimum Gasteiger partial charge on any atom is -0.0664 e. The van der Waals surface area contributed by atoms with Crippen LogP contribution in [0.15, 0.2) is 34.4 Å². The fraction of sp³-hybridized carbons (Fsp3) is 0.455. The molecule has 1 aliphatic rings. The smallest absolute Gasteiger partial charge is 0.0138 e. The molecule has 0 N–H and O–H groups in total. The molecule has 1 aliphatic carbocycles. The van der Waals surface area contributed by atoms with E-state index in [0.717, 1.165) is 6.42 Å². The third-order valence-corrected chi connectivity index (χ3v) is 2.59. The summed E-state index contributed by atoms with van der Waals surface area (Å²) in [6.07, 6.45) is 13.6. The van der Waals surface area contributed by atoms with Gasteiger partial charge in [0.2, 0.25) is 0 Å². The molecule has 0 spiro atoms. The van der Waals surface area contributed by atoms with Gasteiger partial charge in [-0.3, -0.25) is 0 Å². The maximum atomic E-state index is 3.47. The van der Waals surface area contributed by atoms with Gasteiger partial charge in [-0.15, -0.1) is 0 Å². The molecule has 0 amide bonds. The zero-order chi connectivity index (χ0) is 8.81. The Balaban J connectivity index is 2.46. The van der Waals surface area contributed by atoms with Crippen molar-refractivity contribution in [3.05, 3.63) is 34.4 Å². The highest BCUT2D eigenvalue weighted by molar-refractivity contribution is 9.11. The third kappa shape index (κ3) is 3.40. The second-order valence-corrected chi connectivity index (χ2v) is 4.00. The second-order valence-electron chi connectivity index (χ2n) is 3.08. The van der Waals surface area contributed by atoms with Gasteiger partial charge in [0.1, 0.15) is 0 Å². The van der Waals surface area contributed by atoms with E-state index in [1.54, 1.807) is 5.57 Å². The summed E-state index contributed by atoms with van der Waals surface area (Å²) in [5.74, 6) is 0. The van der Waals surface area contributed by atoms with Crippen molar-refractivity contribution < 1.29 is 0 Å². The molecular formula is C11H15Br. The Kier molecular flexibility index (Phi) is 4.37. The van der Waals surface area contributed by atoms with E-state index in [0.29, 0.717) is 0 Å². The van der Waals surface area contributed by atoms with Crippen molar-refractivity contribution in [3.8, 4) is 0 Å². The SMILES string of the molecule is CCCCC1=CC=CC(Br)=CC1. The summed E-state index contributed by atoms with van der Waals surface area (Å²) < 4.78 is 1.20. The summed E-state index contributed by atoms with van der Waals surface area (Å²) in [7, 11) is 0. The van der Waals surface area contributed by atoms with Crippen molar-refractivity contribution in [1.82, 2.24) is 0 Å². The topological polar surface area (TPSA) is 0 Å². The Morgan fingerprint density at radius 2 is 2.33 bits per heavy atom. The van der Waals surface area contributed by atoms with E-state index < -0.39 is 0 Å². The van der Waals surface area contributed by atoms with Crippen molar-refractivity contribution in [2.75, 3.05) is 0 Å². The van der Waals surface area contributed by atoms with Crippen LogP contribution in [-0.4, -0.2) is 0 Å². The maximum absolute atomic E-state index is 3.47. The summed E-state index contributed by atoms with van der Waals surface area (Å²) in [4.78, 5) is 0. The van der Waals surface area contributed by atoms with Gasteiger partial charge < -0.3 is 0 Å². The van der Waals surface area contributed by atoms with Crippen molar-refractivity contribution in [3.63, 3.8) is 0 Å². The quantitative estimate of drug-likeness (QED) is 0.672. The van der Waals surface area contributed by atoms with Gasteiger partial charge >= 0.3 is 0 Å². The third-order valence-electron chi connectivity index (χ3n) is 2.00. The molecular weight excluding hydrogens is 212 g/mol. The highest BCUT2D eigenvalue weighted by Gasteiger charge is 1.97. The van der Waals surface area contributed by atoms with Gasteiger partial charge in [-0.25, -0.2) is 0 Å². The van der Waals surface area contributed by atoms with E-state index in [4.69, 9.17) is 0 Å². The van der Waals surface area contributed by atoms with Gasteiger partial charge in [0, 0.05) is 4.48 Å². The summed E-state index contributed by atoms with van der Waals surface area (Å²) in [5.41, 5.74) is 1.54. The van der Waals surface area contributed by atoms with Crippen LogP contribution in [0.1, 0.15) is 32.6 Å². The lowest BCUT2D eigenvalue weighted by Gasteiger charge is -2.00. The Labute approximate surface area is 83.2 Å². The van der Waals surface area contributed by atoms with E-state index in [1.165, 1.54) is 23.7 Å². The number of rotatable bonds is 3. The highest BCUT2D eigenvalue weighted by Crippen LogP contribution is 2.19. The highest BCUT2D eigenvalue weighted by atomic mass is 79.9. The lowest BCUT2D eigenvalue weighted by Crippen LogP contribution is -1.80. The molecule has 0 aromatic rings. The van der Waals surface area contributed by atoms with E-state index in [2.05, 4.69) is 47.2 Å². The van der Waals surface area contributed by atoms with Gasteiger partial charge in [-0.1, -0.05) is 53.1 Å². The average molecular weight is 227 g/mol. The van der Waals surface area contributed by atoms with Crippen LogP contribution in [0.4, 0.5) is 0 Å². The molecule has 0 unspecified atom stereocenters. The van der Waals surface area contributed by atoms with Crippen molar-refractivity contribution in [2.45, 2.75) is 32.6 Å². The molecule has 0 fully saturated rings. The fourth-order valence-electron chi connectivity index (χ4n) is 1.23. The molecule has 1 heteroatoms. The summed E-state index contributed by atoms with van der Waals surface area (Å²) in [6, 6.07) is 0. The van der Waals surface area contributed by atoms with Crippen LogP contribution >= 0.6 is 15.9 Å². The lowest BCUT2D eigenvalue weighted by molar-refractivity contribution is 0.776. The molecule has 0 radical (unpaired) electrons. The molecule has 0 heterocycles. The molecule has 0 saturated heterocycles. The molecule has 0 nitrogen and oxygen atoms in total. The standard InChI is InChI=1S/C11H15Br/c1-2-3-5-10-6-4-7-11(12)9-8-10/h4,6-7,9H,2-3,5,8H2,1H3. The van der Waals surface area contributed by atoms with E-state index in [9.17, 15) is 0 Å². The largest absolute Gasteiger partial charge is 0.0664 e. The predicted molar refractivity (Wildman–Crippen MR) is 58.4 cm³/mol. The Bertz CT molecular complexity index is 218. The van der Waals surface area contributed by atoms with Crippen LogP contribution in [0.5, 0.6) is 0 Å². The van der Waals surface area contributed by atoms with Gasteiger partial charge in [-0.05, 0) is 25.3 Å². The fourth-order valence-corrected chi connectivity index (χ4v) is 1.54. The van der Waals surface area contributed by atoms with Crippen LogP contribution in [-0.2, 0) is 0 Å². The number of allylic oxidation sites excluding steroid dienone is 6. The first-order valence-corrected chi connectivity index (χ1v) is 5.34. The first-order valence-electron chi connectivity index (χ1n) is 4.54. The Morgan fingerprint density at radius 1 is 1.50 bits per heavy atom. The van der Waals surface area contributed by atoms with Crippen molar-refractivity contribution in [1.29, 1.82) is 0 Å². The monoisotopic (exact) mass is 226 g/mol. The summed E-state index contributed by atoms with van der Waals surface area (Å²) in [5, 5.41) is 0. The molecule has 0 saturated carbocycles. The first-order chi connectivity index (χ1) is 5.83. The molecule has 0 aliphatic heterocycles. The van der Waals surface area contributed by atoms with E-state index in [-0.39, 0.29) is 0 Å².